The van der Waals surface area contributed by atoms with E-state index < -0.39 is 17.9 Å². The molecule has 4 rings (SSSR count). The minimum Gasteiger partial charge on any atom is -0.331 e. The topological polar surface area (TPSA) is 57.1 Å². The smallest absolute Gasteiger partial charge is 0.331 e. The van der Waals surface area contributed by atoms with Crippen molar-refractivity contribution >= 4 is 5.91 Å². The predicted molar refractivity (Wildman–Crippen MR) is 89.0 cm³/mol. The number of carbonyl (C=O) groups excluding carboxylic acids is 1. The van der Waals surface area contributed by atoms with Crippen LogP contribution in [-0.2, 0) is 0 Å². The number of nitrogens with one attached hydrogen (secondary N) is 1. The van der Waals surface area contributed by atoms with Gasteiger partial charge in [0, 0.05) is 18.7 Å². The number of benzene rings is 1. The zero-order chi connectivity index (χ0) is 18.4. The first-order valence-corrected chi connectivity index (χ1v) is 9.05. The second-order valence-electron chi connectivity index (χ2n) is 7.25. The second kappa shape index (κ2) is 6.33. The van der Waals surface area contributed by atoms with Crippen LogP contribution < -0.4 is 5.32 Å². The maximum absolute atomic E-state index is 13.3. The first-order chi connectivity index (χ1) is 12.4. The van der Waals surface area contributed by atoms with E-state index in [2.05, 4.69) is 15.5 Å². The monoisotopic (exact) mass is 366 g/mol. The van der Waals surface area contributed by atoms with Gasteiger partial charge in [-0.05, 0) is 55.8 Å². The lowest BCUT2D eigenvalue weighted by molar-refractivity contribution is -0.175. The second-order valence-corrected chi connectivity index (χ2v) is 7.25. The van der Waals surface area contributed by atoms with Crippen molar-refractivity contribution in [3.63, 3.8) is 0 Å². The maximum atomic E-state index is 13.3. The molecule has 2 unspecified atom stereocenters. The summed E-state index contributed by atoms with van der Waals surface area (Å²) in [6.45, 7) is 2.25. The number of piperidine rings is 1. The minimum atomic E-state index is -4.56. The van der Waals surface area contributed by atoms with Gasteiger partial charge >= 0.3 is 11.8 Å². The van der Waals surface area contributed by atoms with E-state index in [1.807, 2.05) is 12.1 Å². The molecule has 1 N–H and O–H groups in total. The van der Waals surface area contributed by atoms with Crippen LogP contribution in [0.15, 0.2) is 34.5 Å². The minimum absolute atomic E-state index is 0.268. The number of halogens is 3. The lowest BCUT2D eigenvalue weighted by Gasteiger charge is -2.30. The Balaban J connectivity index is 1.50. The van der Waals surface area contributed by atoms with E-state index in [1.165, 1.54) is 4.90 Å². The third kappa shape index (κ3) is 2.90. The van der Waals surface area contributed by atoms with Crippen LogP contribution in [0.4, 0.5) is 13.2 Å². The summed E-state index contributed by atoms with van der Waals surface area (Å²) < 4.78 is 39.9. The molecule has 1 aromatic carbocycles. The summed E-state index contributed by atoms with van der Waals surface area (Å²) in [6.07, 6.45) is -1.54. The fourth-order valence-corrected chi connectivity index (χ4v) is 4.12. The first kappa shape index (κ1) is 17.5. The molecule has 5 nitrogen and oxygen atoms in total. The summed E-state index contributed by atoms with van der Waals surface area (Å²) >= 11 is 0. The Hall–Kier alpha value is -1.96. The molecule has 2 fully saturated rings. The summed E-state index contributed by atoms with van der Waals surface area (Å²) in [7, 11) is 0. The molecule has 0 aliphatic carbocycles. The zero-order valence-electron chi connectivity index (χ0n) is 14.3. The summed E-state index contributed by atoms with van der Waals surface area (Å²) in [6, 6.07) is 6.26. The summed E-state index contributed by atoms with van der Waals surface area (Å²) in [5, 5.41) is 9.93. The molecule has 0 bridgehead atoms. The molecule has 0 spiro atoms. The van der Waals surface area contributed by atoms with E-state index in [0.717, 1.165) is 31.5 Å². The number of hydrogen-bond donors (Lipinski definition) is 1. The van der Waals surface area contributed by atoms with Gasteiger partial charge < -0.3 is 10.2 Å². The van der Waals surface area contributed by atoms with Crippen LogP contribution in [0.3, 0.4) is 0 Å². The molecular weight excluding hydrogens is 345 g/mol. The van der Waals surface area contributed by atoms with Crippen molar-refractivity contribution in [2.75, 3.05) is 19.6 Å². The lowest BCUT2D eigenvalue weighted by atomic mass is 9.91. The van der Waals surface area contributed by atoms with Crippen LogP contribution in [0.2, 0.25) is 0 Å². The molecule has 3 aliphatic rings. The molecular formula is C18H21F3N4O. The molecule has 8 heteroatoms. The van der Waals surface area contributed by atoms with Crippen LogP contribution in [0.1, 0.15) is 47.5 Å². The maximum Gasteiger partial charge on any atom is 0.439 e. The Kier molecular flexibility index (Phi) is 4.25. The van der Waals surface area contributed by atoms with Crippen LogP contribution in [-0.4, -0.2) is 48.3 Å². The van der Waals surface area contributed by atoms with E-state index in [0.29, 0.717) is 24.4 Å². The van der Waals surface area contributed by atoms with Crippen molar-refractivity contribution in [1.29, 1.82) is 0 Å². The van der Waals surface area contributed by atoms with Gasteiger partial charge in [0.25, 0.3) is 5.91 Å². The Labute approximate surface area is 149 Å². The molecule has 1 aromatic rings. The number of amides is 1. The fourth-order valence-electron chi connectivity index (χ4n) is 4.12. The highest BCUT2D eigenvalue weighted by molar-refractivity contribution is 5.94. The van der Waals surface area contributed by atoms with Gasteiger partial charge in [-0.15, -0.1) is 10.2 Å². The van der Waals surface area contributed by atoms with E-state index in [-0.39, 0.29) is 12.3 Å². The normalized spacial score (nSPS) is 27.6. The van der Waals surface area contributed by atoms with Crippen molar-refractivity contribution in [1.82, 2.24) is 10.2 Å². The number of carbonyl (C=O) groups is 1. The molecule has 1 amide bonds. The van der Waals surface area contributed by atoms with E-state index in [1.54, 1.807) is 12.1 Å². The van der Waals surface area contributed by atoms with Gasteiger partial charge in [-0.2, -0.15) is 13.2 Å². The fraction of sp³-hybridized carbons (Fsp3) is 0.611. The van der Waals surface area contributed by atoms with Crippen molar-refractivity contribution in [2.24, 2.45) is 10.2 Å². The molecule has 0 saturated carbocycles. The Bertz CT molecular complexity index is 704. The molecule has 2 atom stereocenters. The highest BCUT2D eigenvalue weighted by Gasteiger charge is 2.70. The molecule has 0 radical (unpaired) electrons. The third-order valence-corrected chi connectivity index (χ3v) is 5.64. The standard InChI is InChI=1S/C18H21F3N4O/c19-18(20,21)17(23-24-17)15-4-2-10-25(15)16(26)13-7-5-12(6-8-13)14-3-1-9-22-11-14/h5-8,14-15,22H,1-4,9-11H2. The van der Waals surface area contributed by atoms with Crippen LogP contribution in [0, 0.1) is 0 Å². The Morgan fingerprint density at radius 3 is 2.46 bits per heavy atom. The van der Waals surface area contributed by atoms with E-state index in [9.17, 15) is 18.0 Å². The number of alkyl halides is 3. The summed E-state index contributed by atoms with van der Waals surface area (Å²) in [4.78, 5) is 14.1. The largest absolute Gasteiger partial charge is 0.439 e. The van der Waals surface area contributed by atoms with Crippen LogP contribution in [0.5, 0.6) is 0 Å². The number of likely N-dealkylation sites (tertiary alicyclic amines) is 1. The predicted octanol–water partition coefficient (Wildman–Crippen LogP) is 3.48. The van der Waals surface area contributed by atoms with Gasteiger partial charge in [-0.3, -0.25) is 4.79 Å². The first-order valence-electron chi connectivity index (χ1n) is 9.05. The van der Waals surface area contributed by atoms with Crippen LogP contribution >= 0.6 is 0 Å². The Morgan fingerprint density at radius 2 is 1.88 bits per heavy atom. The molecule has 2 saturated heterocycles. The van der Waals surface area contributed by atoms with Gasteiger partial charge in [0.05, 0.1) is 6.04 Å². The number of hydrogen-bond acceptors (Lipinski definition) is 4. The summed E-state index contributed by atoms with van der Waals surface area (Å²) in [5.41, 5.74) is -0.833. The van der Waals surface area contributed by atoms with Crippen molar-refractivity contribution in [2.45, 2.75) is 49.5 Å². The van der Waals surface area contributed by atoms with Crippen molar-refractivity contribution < 1.29 is 18.0 Å². The van der Waals surface area contributed by atoms with Crippen molar-refractivity contribution in [3.05, 3.63) is 35.4 Å². The van der Waals surface area contributed by atoms with Gasteiger partial charge in [0.1, 0.15) is 0 Å². The van der Waals surface area contributed by atoms with Crippen LogP contribution in [0.25, 0.3) is 0 Å². The van der Waals surface area contributed by atoms with Gasteiger partial charge in [0.15, 0.2) is 0 Å². The molecule has 26 heavy (non-hydrogen) atoms. The highest BCUT2D eigenvalue weighted by Crippen LogP contribution is 2.51. The van der Waals surface area contributed by atoms with Gasteiger partial charge in [0.2, 0.25) is 0 Å². The quantitative estimate of drug-likeness (QED) is 0.890. The van der Waals surface area contributed by atoms with E-state index >= 15 is 0 Å². The lowest BCUT2D eigenvalue weighted by Crippen LogP contribution is -2.52. The molecule has 140 valence electrons. The van der Waals surface area contributed by atoms with Gasteiger partial charge in [-0.25, -0.2) is 0 Å². The SMILES string of the molecule is O=C(c1ccc(C2CCCNC2)cc1)N1CCCC1C1(C(F)(F)F)N=N1. The van der Waals surface area contributed by atoms with Gasteiger partial charge in [-0.1, -0.05) is 12.1 Å². The van der Waals surface area contributed by atoms with E-state index in [4.69, 9.17) is 0 Å². The average molecular weight is 366 g/mol. The third-order valence-electron chi connectivity index (χ3n) is 5.64. The highest BCUT2D eigenvalue weighted by atomic mass is 19.4. The molecule has 3 heterocycles. The summed E-state index contributed by atoms with van der Waals surface area (Å²) in [5.74, 6) is 0.0479. The zero-order valence-corrected chi connectivity index (χ0v) is 14.3. The number of nitrogens with zero attached hydrogens (tertiary/aromatic N) is 3. The molecule has 3 aliphatic heterocycles. The number of rotatable bonds is 3. The van der Waals surface area contributed by atoms with Crippen molar-refractivity contribution in [3.8, 4) is 0 Å². The molecule has 0 aromatic heterocycles. The Morgan fingerprint density at radius 1 is 1.15 bits per heavy atom. The average Bonchev–Trinajstić information content (AvgIpc) is 3.33.